The molecule has 6 unspecified atom stereocenters. The molecule has 8 nitrogen and oxygen atoms in total. The van der Waals surface area contributed by atoms with E-state index in [1.165, 1.54) is 6.92 Å². The number of fused-ring (bicyclic) bond motifs is 1. The van der Waals surface area contributed by atoms with Crippen LogP contribution in [-0.4, -0.2) is 57.6 Å². The summed E-state index contributed by atoms with van der Waals surface area (Å²) < 4.78 is 48.2. The molecule has 9 heteroatoms. The zero-order chi connectivity index (χ0) is 22.7. The second-order valence-electron chi connectivity index (χ2n) is 8.07. The van der Waals surface area contributed by atoms with Crippen LogP contribution in [0, 0.1) is 0 Å². The SMILES string of the molecule is CC(=O)NC1C(Cc2ccccc2)OC2COC(c3ccccc3)OC2C1OS(C)(=O)=O. The van der Waals surface area contributed by atoms with Gasteiger partial charge in [0.2, 0.25) is 5.91 Å². The van der Waals surface area contributed by atoms with Crippen molar-refractivity contribution in [2.75, 3.05) is 12.9 Å². The van der Waals surface area contributed by atoms with E-state index >= 15 is 0 Å². The van der Waals surface area contributed by atoms with E-state index in [2.05, 4.69) is 5.32 Å². The summed E-state index contributed by atoms with van der Waals surface area (Å²) in [6.07, 6.45) is -2.07. The monoisotopic (exact) mass is 461 g/mol. The van der Waals surface area contributed by atoms with E-state index in [-0.39, 0.29) is 12.5 Å². The third-order valence-electron chi connectivity index (χ3n) is 5.49. The van der Waals surface area contributed by atoms with Gasteiger partial charge in [0, 0.05) is 18.9 Å². The Hall–Kier alpha value is -2.30. The molecule has 0 aromatic heterocycles. The van der Waals surface area contributed by atoms with Crippen LogP contribution in [0.5, 0.6) is 0 Å². The standard InChI is InChI=1S/C23H27NO7S/c1-15(25)24-20-18(13-16-9-5-3-6-10-16)29-19-14-28-23(17-11-7-4-8-12-17)30-21(19)22(20)31-32(2,26)27/h3-12,18-23H,13-14H2,1-2H3,(H,24,25). The van der Waals surface area contributed by atoms with Crippen LogP contribution in [0.1, 0.15) is 24.3 Å². The highest BCUT2D eigenvalue weighted by atomic mass is 32.2. The van der Waals surface area contributed by atoms with Gasteiger partial charge in [0.25, 0.3) is 10.1 Å². The van der Waals surface area contributed by atoms with Crippen molar-refractivity contribution >= 4 is 16.0 Å². The molecule has 2 saturated heterocycles. The zero-order valence-corrected chi connectivity index (χ0v) is 18.7. The topological polar surface area (TPSA) is 100 Å². The molecule has 0 radical (unpaired) electrons. The maximum atomic E-state index is 12.2. The van der Waals surface area contributed by atoms with Crippen LogP contribution in [0.3, 0.4) is 0 Å². The number of carbonyl (C=O) groups excluding carboxylic acids is 1. The first-order valence-corrected chi connectivity index (χ1v) is 12.3. The minimum Gasteiger partial charge on any atom is -0.367 e. The van der Waals surface area contributed by atoms with Gasteiger partial charge in [-0.05, 0) is 5.56 Å². The van der Waals surface area contributed by atoms with Crippen molar-refractivity contribution in [1.29, 1.82) is 0 Å². The molecular weight excluding hydrogens is 434 g/mol. The molecule has 2 heterocycles. The van der Waals surface area contributed by atoms with Crippen molar-refractivity contribution in [3.8, 4) is 0 Å². The molecule has 2 fully saturated rings. The molecule has 1 amide bonds. The molecule has 0 aliphatic carbocycles. The molecule has 32 heavy (non-hydrogen) atoms. The summed E-state index contributed by atoms with van der Waals surface area (Å²) in [4.78, 5) is 12.0. The van der Waals surface area contributed by atoms with Gasteiger partial charge in [-0.25, -0.2) is 0 Å². The van der Waals surface area contributed by atoms with Crippen LogP contribution in [0.4, 0.5) is 0 Å². The second kappa shape index (κ2) is 9.68. The molecule has 0 bridgehead atoms. The summed E-state index contributed by atoms with van der Waals surface area (Å²) in [5, 5.41) is 2.84. The van der Waals surface area contributed by atoms with Crippen molar-refractivity contribution in [2.45, 2.75) is 50.1 Å². The number of hydrogen-bond donors (Lipinski definition) is 1. The lowest BCUT2D eigenvalue weighted by Gasteiger charge is -2.49. The molecule has 2 aliphatic heterocycles. The van der Waals surface area contributed by atoms with Gasteiger partial charge in [-0.2, -0.15) is 8.42 Å². The van der Waals surface area contributed by atoms with E-state index in [9.17, 15) is 13.2 Å². The van der Waals surface area contributed by atoms with Gasteiger partial charge in [-0.3, -0.25) is 8.98 Å². The summed E-state index contributed by atoms with van der Waals surface area (Å²) in [6, 6.07) is 18.2. The average molecular weight is 462 g/mol. The van der Waals surface area contributed by atoms with Gasteiger partial charge in [-0.15, -0.1) is 0 Å². The lowest BCUT2D eigenvalue weighted by Crippen LogP contribution is -2.67. The van der Waals surface area contributed by atoms with E-state index in [1.807, 2.05) is 60.7 Å². The van der Waals surface area contributed by atoms with E-state index in [0.29, 0.717) is 6.42 Å². The van der Waals surface area contributed by atoms with Gasteiger partial charge >= 0.3 is 0 Å². The second-order valence-corrected chi connectivity index (χ2v) is 9.67. The third kappa shape index (κ3) is 5.54. The Morgan fingerprint density at radius 2 is 1.72 bits per heavy atom. The van der Waals surface area contributed by atoms with Crippen molar-refractivity contribution < 1.29 is 31.6 Å². The number of amides is 1. The Balaban J connectivity index is 1.65. The summed E-state index contributed by atoms with van der Waals surface area (Å²) in [7, 11) is -3.85. The maximum Gasteiger partial charge on any atom is 0.264 e. The van der Waals surface area contributed by atoms with Crippen molar-refractivity contribution in [3.63, 3.8) is 0 Å². The fraction of sp³-hybridized carbons (Fsp3) is 0.435. The van der Waals surface area contributed by atoms with Gasteiger partial charge in [0.1, 0.15) is 18.3 Å². The minimum absolute atomic E-state index is 0.200. The van der Waals surface area contributed by atoms with Gasteiger partial charge in [-0.1, -0.05) is 60.7 Å². The number of nitrogens with one attached hydrogen (secondary N) is 1. The van der Waals surface area contributed by atoms with Crippen LogP contribution in [0.15, 0.2) is 60.7 Å². The lowest BCUT2D eigenvalue weighted by molar-refractivity contribution is -0.311. The third-order valence-corrected chi connectivity index (χ3v) is 6.07. The number of carbonyl (C=O) groups is 1. The first-order chi connectivity index (χ1) is 15.3. The molecule has 0 saturated carbocycles. The molecule has 172 valence electrons. The smallest absolute Gasteiger partial charge is 0.264 e. The quantitative estimate of drug-likeness (QED) is 0.657. The number of rotatable bonds is 6. The van der Waals surface area contributed by atoms with Crippen molar-refractivity contribution in [3.05, 3.63) is 71.8 Å². The Morgan fingerprint density at radius 1 is 1.06 bits per heavy atom. The summed E-state index contributed by atoms with van der Waals surface area (Å²) in [6.45, 7) is 1.58. The van der Waals surface area contributed by atoms with Crippen LogP contribution in [0.2, 0.25) is 0 Å². The molecule has 2 aromatic carbocycles. The number of ether oxygens (including phenoxy) is 3. The zero-order valence-electron chi connectivity index (χ0n) is 17.9. The molecular formula is C23H27NO7S. The van der Waals surface area contributed by atoms with Crippen LogP contribution in [0.25, 0.3) is 0 Å². The van der Waals surface area contributed by atoms with E-state index in [0.717, 1.165) is 17.4 Å². The molecule has 2 aliphatic rings. The predicted octanol–water partition coefficient (Wildman–Crippen LogP) is 1.96. The molecule has 2 aromatic rings. The maximum absolute atomic E-state index is 12.2. The Morgan fingerprint density at radius 3 is 2.34 bits per heavy atom. The van der Waals surface area contributed by atoms with Crippen LogP contribution >= 0.6 is 0 Å². The van der Waals surface area contributed by atoms with Gasteiger partial charge in [0.15, 0.2) is 6.29 Å². The molecule has 1 N–H and O–H groups in total. The highest BCUT2D eigenvalue weighted by molar-refractivity contribution is 7.86. The fourth-order valence-corrected chi connectivity index (χ4v) is 4.84. The first-order valence-electron chi connectivity index (χ1n) is 10.5. The predicted molar refractivity (Wildman–Crippen MR) is 116 cm³/mol. The lowest BCUT2D eigenvalue weighted by atomic mass is 9.88. The highest BCUT2D eigenvalue weighted by Crippen LogP contribution is 2.36. The number of hydrogen-bond acceptors (Lipinski definition) is 7. The summed E-state index contributed by atoms with van der Waals surface area (Å²) in [5.74, 6) is -0.316. The van der Waals surface area contributed by atoms with Crippen molar-refractivity contribution in [2.24, 2.45) is 0 Å². The molecule has 4 rings (SSSR count). The van der Waals surface area contributed by atoms with E-state index in [4.69, 9.17) is 18.4 Å². The summed E-state index contributed by atoms with van der Waals surface area (Å²) >= 11 is 0. The summed E-state index contributed by atoms with van der Waals surface area (Å²) in [5.41, 5.74) is 1.79. The largest absolute Gasteiger partial charge is 0.367 e. The normalized spacial score (nSPS) is 30.3. The Bertz CT molecular complexity index is 1020. The fourth-order valence-electron chi connectivity index (χ4n) is 4.21. The van der Waals surface area contributed by atoms with Crippen molar-refractivity contribution in [1.82, 2.24) is 5.32 Å². The van der Waals surface area contributed by atoms with Crippen LogP contribution in [-0.2, 0) is 39.7 Å². The van der Waals surface area contributed by atoms with E-state index in [1.54, 1.807) is 0 Å². The molecule has 6 atom stereocenters. The highest BCUT2D eigenvalue weighted by Gasteiger charge is 2.52. The van der Waals surface area contributed by atoms with Gasteiger partial charge in [0.05, 0.1) is 25.0 Å². The average Bonchev–Trinajstić information content (AvgIpc) is 2.76. The Kier molecular flexibility index (Phi) is 6.92. The van der Waals surface area contributed by atoms with Crippen LogP contribution < -0.4 is 5.32 Å². The number of benzene rings is 2. The minimum atomic E-state index is -3.85. The van der Waals surface area contributed by atoms with E-state index < -0.39 is 46.9 Å². The first kappa shape index (κ1) is 22.9. The van der Waals surface area contributed by atoms with Gasteiger partial charge < -0.3 is 19.5 Å². The molecule has 0 spiro atoms. The Labute approximate surface area is 187 Å².